The minimum Gasteiger partial charge on any atom is -0.493 e. The molecule has 0 aliphatic carbocycles. The molecule has 1 aliphatic heterocycles. The minimum atomic E-state index is -0.313. The summed E-state index contributed by atoms with van der Waals surface area (Å²) in [6.07, 6.45) is 2.08. The van der Waals surface area contributed by atoms with Crippen molar-refractivity contribution in [3.8, 4) is 5.75 Å². The number of fused-ring (bicyclic) bond motifs is 1. The summed E-state index contributed by atoms with van der Waals surface area (Å²) in [4.78, 5) is 13.0. The molecule has 3 rings (SSSR count). The van der Waals surface area contributed by atoms with Crippen molar-refractivity contribution in [1.82, 2.24) is 15.1 Å². The van der Waals surface area contributed by atoms with Gasteiger partial charge in [0.05, 0.1) is 18.3 Å². The summed E-state index contributed by atoms with van der Waals surface area (Å²) in [5.74, 6) is 1.13. The van der Waals surface area contributed by atoms with Crippen LogP contribution < -0.4 is 10.1 Å². The molecule has 0 fully saturated rings. The molecule has 1 amide bonds. The van der Waals surface area contributed by atoms with Crippen molar-refractivity contribution in [3.63, 3.8) is 0 Å². The van der Waals surface area contributed by atoms with Gasteiger partial charge in [0, 0.05) is 5.69 Å². The molecule has 0 saturated carbocycles. The van der Waals surface area contributed by atoms with Crippen LogP contribution in [0.3, 0.4) is 0 Å². The molecule has 26 heavy (non-hydrogen) atoms. The SMILES string of the molecule is Cc1cc(C)n(C(C(=O)NC(C)c2ccc3c(c2)CCCO3)C(C)C)n1. The van der Waals surface area contributed by atoms with Gasteiger partial charge in [-0.25, -0.2) is 0 Å². The maximum Gasteiger partial charge on any atom is 0.245 e. The molecule has 2 heterocycles. The van der Waals surface area contributed by atoms with Crippen LogP contribution in [0.2, 0.25) is 0 Å². The number of ether oxygens (including phenoxy) is 1. The Morgan fingerprint density at radius 1 is 1.23 bits per heavy atom. The first kappa shape index (κ1) is 18.5. The molecule has 0 radical (unpaired) electrons. The van der Waals surface area contributed by atoms with Crippen LogP contribution in [0, 0.1) is 19.8 Å². The first-order valence-electron chi connectivity index (χ1n) is 9.45. The van der Waals surface area contributed by atoms with Crippen molar-refractivity contribution < 1.29 is 9.53 Å². The Kier molecular flexibility index (Phi) is 5.35. The lowest BCUT2D eigenvalue weighted by Crippen LogP contribution is -2.37. The Hall–Kier alpha value is -2.30. The molecule has 5 heteroatoms. The van der Waals surface area contributed by atoms with Crippen LogP contribution in [-0.2, 0) is 11.2 Å². The second-order valence-corrected chi connectivity index (χ2v) is 7.61. The van der Waals surface area contributed by atoms with E-state index < -0.39 is 0 Å². The van der Waals surface area contributed by atoms with Gasteiger partial charge in [-0.2, -0.15) is 5.10 Å². The number of carbonyl (C=O) groups excluding carboxylic acids is 1. The molecule has 0 spiro atoms. The summed E-state index contributed by atoms with van der Waals surface area (Å²) < 4.78 is 7.53. The molecule has 1 aromatic heterocycles. The van der Waals surface area contributed by atoms with E-state index in [0.29, 0.717) is 0 Å². The first-order valence-corrected chi connectivity index (χ1v) is 9.45. The molecule has 140 valence electrons. The number of nitrogens with zero attached hydrogens (tertiary/aromatic N) is 2. The number of aromatic nitrogens is 2. The van der Waals surface area contributed by atoms with Crippen LogP contribution in [0.25, 0.3) is 0 Å². The number of benzene rings is 1. The van der Waals surface area contributed by atoms with Crippen molar-refractivity contribution in [1.29, 1.82) is 0 Å². The van der Waals surface area contributed by atoms with E-state index in [4.69, 9.17) is 4.74 Å². The van der Waals surface area contributed by atoms with Crippen LogP contribution in [0.1, 0.15) is 61.8 Å². The second kappa shape index (κ2) is 7.52. The van der Waals surface area contributed by atoms with Gasteiger partial charge in [-0.05, 0) is 62.8 Å². The van der Waals surface area contributed by atoms with Crippen LogP contribution in [0.15, 0.2) is 24.3 Å². The highest BCUT2D eigenvalue weighted by atomic mass is 16.5. The molecule has 2 unspecified atom stereocenters. The van der Waals surface area contributed by atoms with Gasteiger partial charge in [-0.3, -0.25) is 9.48 Å². The van der Waals surface area contributed by atoms with Crippen molar-refractivity contribution >= 4 is 5.91 Å². The number of aryl methyl sites for hydroxylation is 3. The zero-order chi connectivity index (χ0) is 18.8. The Morgan fingerprint density at radius 3 is 2.65 bits per heavy atom. The number of amides is 1. The fourth-order valence-electron chi connectivity index (χ4n) is 3.66. The molecule has 0 bridgehead atoms. The number of nitrogens with one attached hydrogen (secondary N) is 1. The van der Waals surface area contributed by atoms with Gasteiger partial charge in [0.15, 0.2) is 0 Å². The smallest absolute Gasteiger partial charge is 0.245 e. The number of rotatable bonds is 5. The van der Waals surface area contributed by atoms with Gasteiger partial charge in [0.25, 0.3) is 0 Å². The largest absolute Gasteiger partial charge is 0.493 e. The molecule has 0 saturated heterocycles. The van der Waals surface area contributed by atoms with Gasteiger partial charge in [0.2, 0.25) is 5.91 Å². The van der Waals surface area contributed by atoms with Gasteiger partial charge < -0.3 is 10.1 Å². The predicted molar refractivity (Wildman–Crippen MR) is 102 cm³/mol. The Bertz CT molecular complexity index is 795. The predicted octanol–water partition coefficient (Wildman–Crippen LogP) is 3.90. The van der Waals surface area contributed by atoms with Crippen molar-refractivity contribution in [3.05, 3.63) is 46.8 Å². The lowest BCUT2D eigenvalue weighted by Gasteiger charge is -2.25. The summed E-state index contributed by atoms with van der Waals surface area (Å²) in [5, 5.41) is 7.71. The normalized spacial score (nSPS) is 15.9. The van der Waals surface area contributed by atoms with E-state index in [2.05, 4.69) is 30.3 Å². The van der Waals surface area contributed by atoms with E-state index in [1.54, 1.807) is 0 Å². The Labute approximate surface area is 155 Å². The van der Waals surface area contributed by atoms with Gasteiger partial charge >= 0.3 is 0 Å². The van der Waals surface area contributed by atoms with Crippen LogP contribution in [-0.4, -0.2) is 22.3 Å². The number of hydrogen-bond acceptors (Lipinski definition) is 3. The lowest BCUT2D eigenvalue weighted by atomic mass is 9.99. The quantitative estimate of drug-likeness (QED) is 0.885. The highest BCUT2D eigenvalue weighted by Gasteiger charge is 2.27. The molecule has 1 N–H and O–H groups in total. The maximum atomic E-state index is 13.0. The molecule has 5 nitrogen and oxygen atoms in total. The highest BCUT2D eigenvalue weighted by molar-refractivity contribution is 5.81. The van der Waals surface area contributed by atoms with Crippen molar-refractivity contribution in [2.75, 3.05) is 6.61 Å². The Morgan fingerprint density at radius 2 is 2.00 bits per heavy atom. The summed E-state index contributed by atoms with van der Waals surface area (Å²) in [7, 11) is 0. The first-order chi connectivity index (χ1) is 12.4. The second-order valence-electron chi connectivity index (χ2n) is 7.61. The maximum absolute atomic E-state index is 13.0. The molecular weight excluding hydrogens is 326 g/mol. The summed E-state index contributed by atoms with van der Waals surface area (Å²) in [6, 6.07) is 7.86. The molecule has 2 atom stereocenters. The van der Waals surface area contributed by atoms with E-state index in [1.807, 2.05) is 43.7 Å². The van der Waals surface area contributed by atoms with Crippen molar-refractivity contribution in [2.45, 2.75) is 59.5 Å². The van der Waals surface area contributed by atoms with Crippen LogP contribution in [0.4, 0.5) is 0 Å². The topological polar surface area (TPSA) is 56.2 Å². The molecular formula is C21H29N3O2. The number of hydrogen-bond donors (Lipinski definition) is 1. The third-order valence-corrected chi connectivity index (χ3v) is 5.00. The van der Waals surface area contributed by atoms with E-state index in [9.17, 15) is 4.79 Å². The average Bonchev–Trinajstić information content (AvgIpc) is 2.92. The fourth-order valence-corrected chi connectivity index (χ4v) is 3.66. The Balaban J connectivity index is 1.78. The molecule has 1 aliphatic rings. The van der Waals surface area contributed by atoms with Crippen LogP contribution >= 0.6 is 0 Å². The number of carbonyl (C=O) groups is 1. The summed E-state index contributed by atoms with van der Waals surface area (Å²) in [5.41, 5.74) is 4.28. The fraction of sp³-hybridized carbons (Fsp3) is 0.524. The minimum absolute atomic E-state index is 0.00710. The molecule has 1 aromatic carbocycles. The highest BCUT2D eigenvalue weighted by Crippen LogP contribution is 2.28. The molecule has 2 aromatic rings. The average molecular weight is 355 g/mol. The van der Waals surface area contributed by atoms with Gasteiger partial charge in [-0.15, -0.1) is 0 Å². The summed E-state index contributed by atoms with van der Waals surface area (Å²) in [6.45, 7) is 10.9. The zero-order valence-corrected chi connectivity index (χ0v) is 16.4. The lowest BCUT2D eigenvalue weighted by molar-refractivity contribution is -0.126. The van der Waals surface area contributed by atoms with E-state index in [1.165, 1.54) is 5.56 Å². The van der Waals surface area contributed by atoms with Crippen LogP contribution in [0.5, 0.6) is 5.75 Å². The monoisotopic (exact) mass is 355 g/mol. The van der Waals surface area contributed by atoms with E-state index >= 15 is 0 Å². The summed E-state index contributed by atoms with van der Waals surface area (Å²) >= 11 is 0. The van der Waals surface area contributed by atoms with Gasteiger partial charge in [0.1, 0.15) is 11.8 Å². The zero-order valence-electron chi connectivity index (χ0n) is 16.4. The standard InChI is InChI=1S/C21H29N3O2/c1-13(2)20(24-15(4)11-14(3)23-24)21(25)22-16(5)17-8-9-19-18(12-17)7-6-10-26-19/h8-9,11-13,16,20H,6-7,10H2,1-5H3,(H,22,25). The van der Waals surface area contributed by atoms with E-state index in [-0.39, 0.29) is 23.9 Å². The third-order valence-electron chi connectivity index (χ3n) is 5.00. The van der Waals surface area contributed by atoms with Gasteiger partial charge in [-0.1, -0.05) is 26.0 Å². The van der Waals surface area contributed by atoms with E-state index in [0.717, 1.165) is 42.1 Å². The van der Waals surface area contributed by atoms with Crippen molar-refractivity contribution in [2.24, 2.45) is 5.92 Å². The third kappa shape index (κ3) is 3.76.